The number of H-pyrrole nitrogens is 1. The highest BCUT2D eigenvalue weighted by atomic mass is 16.1. The van der Waals surface area contributed by atoms with E-state index in [9.17, 15) is 4.79 Å². The quantitative estimate of drug-likeness (QED) is 0.729. The van der Waals surface area contributed by atoms with Crippen molar-refractivity contribution in [3.63, 3.8) is 0 Å². The highest BCUT2D eigenvalue weighted by Gasteiger charge is 2.08. The highest BCUT2D eigenvalue weighted by molar-refractivity contribution is 5.70. The molecule has 3 aromatic rings. The Morgan fingerprint density at radius 2 is 2.05 bits per heavy atom. The molecule has 6 nitrogen and oxygen atoms in total. The van der Waals surface area contributed by atoms with Gasteiger partial charge in [0.15, 0.2) is 11.2 Å². The lowest BCUT2D eigenvalue weighted by Gasteiger charge is -2.04. The number of nitrogens with two attached hydrogens (primary N) is 1. The first-order chi connectivity index (χ1) is 9.24. The largest absolute Gasteiger partial charge is 0.369 e. The van der Waals surface area contributed by atoms with Crippen molar-refractivity contribution in [2.45, 2.75) is 13.0 Å². The minimum absolute atomic E-state index is 0.110. The smallest absolute Gasteiger partial charge is 0.280 e. The number of aryl methyl sites for hydroxylation is 2. The van der Waals surface area contributed by atoms with Crippen LogP contribution in [0.2, 0.25) is 0 Å². The molecule has 0 aliphatic carbocycles. The maximum Gasteiger partial charge on any atom is 0.280 e. The Morgan fingerprint density at radius 3 is 2.84 bits per heavy atom. The van der Waals surface area contributed by atoms with Crippen molar-refractivity contribution >= 4 is 17.1 Å². The van der Waals surface area contributed by atoms with Gasteiger partial charge in [-0.25, -0.2) is 4.98 Å². The molecule has 19 heavy (non-hydrogen) atoms. The molecular formula is C13H13N5O. The van der Waals surface area contributed by atoms with Crippen LogP contribution >= 0.6 is 0 Å². The number of imidazole rings is 1. The fourth-order valence-corrected chi connectivity index (χ4v) is 2.03. The second-order valence-corrected chi connectivity index (χ2v) is 4.30. The van der Waals surface area contributed by atoms with Crippen molar-refractivity contribution in [3.05, 3.63) is 52.6 Å². The van der Waals surface area contributed by atoms with Crippen molar-refractivity contribution in [2.24, 2.45) is 0 Å². The van der Waals surface area contributed by atoms with Gasteiger partial charge in [0.05, 0.1) is 6.33 Å². The van der Waals surface area contributed by atoms with E-state index in [1.807, 2.05) is 22.8 Å². The van der Waals surface area contributed by atoms with Crippen LogP contribution in [-0.2, 0) is 13.0 Å². The van der Waals surface area contributed by atoms with Gasteiger partial charge >= 0.3 is 0 Å². The van der Waals surface area contributed by atoms with Crippen LogP contribution in [0.15, 0.2) is 41.5 Å². The molecule has 0 saturated carbocycles. The molecule has 0 atom stereocenters. The monoisotopic (exact) mass is 255 g/mol. The topological polar surface area (TPSA) is 89.6 Å². The first-order valence-electron chi connectivity index (χ1n) is 5.98. The summed E-state index contributed by atoms with van der Waals surface area (Å²) >= 11 is 0. The molecule has 3 rings (SSSR count). The van der Waals surface area contributed by atoms with Crippen molar-refractivity contribution in [1.29, 1.82) is 0 Å². The third kappa shape index (κ3) is 2.20. The van der Waals surface area contributed by atoms with Crippen LogP contribution in [0.4, 0.5) is 5.95 Å². The van der Waals surface area contributed by atoms with Crippen LogP contribution in [0.3, 0.4) is 0 Å². The number of nitrogens with one attached hydrogen (secondary N) is 1. The molecule has 0 unspecified atom stereocenters. The number of benzene rings is 1. The standard InChI is InChI=1S/C13H13N5O/c14-13-16-11-10(12(19)17-13)15-8-18(11)7-6-9-4-2-1-3-5-9/h1-5,8H,6-7H2,(H3,14,16,17,19). The zero-order chi connectivity index (χ0) is 13.2. The molecule has 0 bridgehead atoms. The van der Waals surface area contributed by atoms with Gasteiger partial charge in [-0.3, -0.25) is 9.78 Å². The van der Waals surface area contributed by atoms with Crippen LogP contribution in [0, 0.1) is 0 Å². The van der Waals surface area contributed by atoms with Gasteiger partial charge in [0, 0.05) is 6.54 Å². The van der Waals surface area contributed by atoms with E-state index in [0.717, 1.165) is 6.42 Å². The number of rotatable bonds is 3. The average Bonchev–Trinajstić information content (AvgIpc) is 2.81. The normalized spacial score (nSPS) is 10.9. The van der Waals surface area contributed by atoms with Gasteiger partial charge in [-0.2, -0.15) is 4.98 Å². The molecular weight excluding hydrogens is 242 g/mol. The van der Waals surface area contributed by atoms with E-state index in [2.05, 4.69) is 27.1 Å². The lowest BCUT2D eigenvalue weighted by molar-refractivity contribution is 0.709. The number of aromatic nitrogens is 4. The predicted octanol–water partition coefficient (Wildman–Crippen LogP) is 0.944. The third-order valence-electron chi connectivity index (χ3n) is 2.98. The molecule has 1 aromatic carbocycles. The lowest BCUT2D eigenvalue weighted by Crippen LogP contribution is -2.12. The second kappa shape index (κ2) is 4.56. The van der Waals surface area contributed by atoms with Crippen LogP contribution in [0.25, 0.3) is 11.2 Å². The summed E-state index contributed by atoms with van der Waals surface area (Å²) in [6, 6.07) is 10.1. The molecule has 2 aromatic heterocycles. The van der Waals surface area contributed by atoms with Crippen LogP contribution in [0.1, 0.15) is 5.56 Å². The second-order valence-electron chi connectivity index (χ2n) is 4.30. The SMILES string of the molecule is Nc1nc2c(ncn2CCc2ccccc2)c(=O)[nH]1. The van der Waals surface area contributed by atoms with Gasteiger partial charge < -0.3 is 10.3 Å². The summed E-state index contributed by atoms with van der Waals surface area (Å²) in [6.45, 7) is 0.705. The molecule has 0 amide bonds. The van der Waals surface area contributed by atoms with Crippen LogP contribution in [0.5, 0.6) is 0 Å². The van der Waals surface area contributed by atoms with E-state index in [1.54, 1.807) is 6.33 Å². The minimum Gasteiger partial charge on any atom is -0.369 e. The average molecular weight is 255 g/mol. The van der Waals surface area contributed by atoms with Gasteiger partial charge in [-0.05, 0) is 12.0 Å². The Morgan fingerprint density at radius 1 is 1.26 bits per heavy atom. The van der Waals surface area contributed by atoms with Crippen LogP contribution in [-0.4, -0.2) is 19.5 Å². The van der Waals surface area contributed by atoms with E-state index in [-0.39, 0.29) is 11.5 Å². The number of aromatic amines is 1. The molecule has 0 saturated heterocycles. The Hall–Kier alpha value is -2.63. The molecule has 6 heteroatoms. The first kappa shape index (κ1) is 11.5. The Kier molecular flexibility index (Phi) is 2.75. The Bertz CT molecular complexity index is 760. The maximum absolute atomic E-state index is 11.6. The molecule has 0 spiro atoms. The minimum atomic E-state index is -0.305. The van der Waals surface area contributed by atoms with E-state index < -0.39 is 0 Å². The van der Waals surface area contributed by atoms with Gasteiger partial charge in [-0.15, -0.1) is 0 Å². The van der Waals surface area contributed by atoms with E-state index in [0.29, 0.717) is 17.7 Å². The van der Waals surface area contributed by atoms with Crippen molar-refractivity contribution in [1.82, 2.24) is 19.5 Å². The van der Waals surface area contributed by atoms with E-state index in [4.69, 9.17) is 5.73 Å². The zero-order valence-electron chi connectivity index (χ0n) is 10.2. The number of fused-ring (bicyclic) bond motifs is 1. The number of hydrogen-bond donors (Lipinski definition) is 2. The number of nitrogen functional groups attached to an aromatic ring is 1. The third-order valence-corrected chi connectivity index (χ3v) is 2.98. The molecule has 0 fully saturated rings. The predicted molar refractivity (Wildman–Crippen MR) is 72.7 cm³/mol. The molecule has 3 N–H and O–H groups in total. The summed E-state index contributed by atoms with van der Waals surface area (Å²) in [4.78, 5) is 22.3. The summed E-state index contributed by atoms with van der Waals surface area (Å²) in [5, 5.41) is 0. The van der Waals surface area contributed by atoms with Crippen LogP contribution < -0.4 is 11.3 Å². The number of nitrogens with zero attached hydrogens (tertiary/aromatic N) is 3. The van der Waals surface area contributed by atoms with Gasteiger partial charge in [0.25, 0.3) is 5.56 Å². The Labute approximate surface area is 108 Å². The molecule has 96 valence electrons. The van der Waals surface area contributed by atoms with E-state index in [1.165, 1.54) is 5.56 Å². The number of anilines is 1. The van der Waals surface area contributed by atoms with Gasteiger partial charge in [0.2, 0.25) is 5.95 Å². The maximum atomic E-state index is 11.6. The van der Waals surface area contributed by atoms with Gasteiger partial charge in [-0.1, -0.05) is 30.3 Å². The summed E-state index contributed by atoms with van der Waals surface area (Å²) in [5.41, 5.74) is 7.32. The first-order valence-corrected chi connectivity index (χ1v) is 5.98. The zero-order valence-corrected chi connectivity index (χ0v) is 10.2. The fourth-order valence-electron chi connectivity index (χ4n) is 2.03. The van der Waals surface area contributed by atoms with Crippen molar-refractivity contribution in [3.8, 4) is 0 Å². The van der Waals surface area contributed by atoms with Gasteiger partial charge in [0.1, 0.15) is 0 Å². The molecule has 0 radical (unpaired) electrons. The number of hydrogen-bond acceptors (Lipinski definition) is 4. The summed E-state index contributed by atoms with van der Waals surface area (Å²) in [7, 11) is 0. The molecule has 0 aliphatic rings. The Balaban J connectivity index is 1.92. The molecule has 0 aliphatic heterocycles. The van der Waals surface area contributed by atoms with Crippen molar-refractivity contribution < 1.29 is 0 Å². The summed E-state index contributed by atoms with van der Waals surface area (Å²) < 4.78 is 1.84. The van der Waals surface area contributed by atoms with E-state index >= 15 is 0 Å². The molecule has 2 heterocycles. The fraction of sp³-hybridized carbons (Fsp3) is 0.154. The van der Waals surface area contributed by atoms with Crippen molar-refractivity contribution in [2.75, 3.05) is 5.73 Å². The lowest BCUT2D eigenvalue weighted by atomic mass is 10.1. The highest BCUT2D eigenvalue weighted by Crippen LogP contribution is 2.08. The summed E-state index contributed by atoms with van der Waals surface area (Å²) in [5.74, 6) is 0.110. The summed E-state index contributed by atoms with van der Waals surface area (Å²) in [6.07, 6.45) is 2.47.